The van der Waals surface area contributed by atoms with Crippen molar-refractivity contribution < 1.29 is 60.4 Å². The van der Waals surface area contributed by atoms with Crippen LogP contribution in [0.5, 0.6) is 5.75 Å². The smallest absolute Gasteiger partial charge is 0.471 e. The van der Waals surface area contributed by atoms with E-state index in [1.54, 1.807) is 45.2 Å². The van der Waals surface area contributed by atoms with Gasteiger partial charge in [0.05, 0.1) is 68.5 Å². The number of rotatable bonds is 16. The number of nitrogens with one attached hydrogen (secondary N) is 1. The molecule has 4 aromatic rings. The van der Waals surface area contributed by atoms with Gasteiger partial charge in [0, 0.05) is 12.0 Å². The largest absolute Gasteiger partial charge is 0.497 e. The second-order valence-electron chi connectivity index (χ2n) is 18.2. The van der Waals surface area contributed by atoms with Crippen LogP contribution in [0.15, 0.2) is 114 Å². The molecular formula is C49H56F3N5O10Si. The zero-order valence-electron chi connectivity index (χ0n) is 38.8. The van der Waals surface area contributed by atoms with Crippen molar-refractivity contribution in [1.29, 1.82) is 0 Å². The van der Waals surface area contributed by atoms with Crippen molar-refractivity contribution in [1.82, 2.24) is 10.2 Å². The lowest BCUT2D eigenvalue weighted by Gasteiger charge is -2.51. The first kappa shape index (κ1) is 50.2. The Kier molecular flexibility index (Phi) is 15.5. The summed E-state index contributed by atoms with van der Waals surface area (Å²) in [6.45, 7) is 9.47. The number of nitrogens with zero attached hydrogens (tertiary/aromatic N) is 4. The fourth-order valence-electron chi connectivity index (χ4n) is 9.52. The molecule has 1 N–H and O–H groups in total. The molecule has 3 amide bonds. The number of carbonyl (C=O) groups excluding carboxylic acids is 3. The average Bonchev–Trinajstić information content (AvgIpc) is 3.57. The highest BCUT2D eigenvalue weighted by atomic mass is 28.4. The third-order valence-electron chi connectivity index (χ3n) is 13.2. The summed E-state index contributed by atoms with van der Waals surface area (Å²) in [6.07, 6.45) is -12.1. The Morgan fingerprint density at radius 2 is 1.35 bits per heavy atom. The molecule has 0 aromatic heterocycles. The molecule has 4 unspecified atom stereocenters. The molecule has 10 atom stereocenters. The number of alkyl halides is 3. The third-order valence-corrected chi connectivity index (χ3v) is 18.2. The molecular weight excluding hydrogens is 904 g/mol. The van der Waals surface area contributed by atoms with Crippen LogP contribution in [0.1, 0.15) is 60.9 Å². The van der Waals surface area contributed by atoms with E-state index in [4.69, 9.17) is 32.8 Å². The van der Waals surface area contributed by atoms with Crippen LogP contribution < -0.4 is 20.4 Å². The van der Waals surface area contributed by atoms with Crippen molar-refractivity contribution in [3.63, 3.8) is 0 Å². The molecule has 7 rings (SSSR count). The Hall–Kier alpha value is -5.63. The summed E-state index contributed by atoms with van der Waals surface area (Å²) in [5.74, 6) is -4.34. The number of carbonyl (C=O) groups is 3. The molecule has 0 saturated carbocycles. The first-order valence-corrected chi connectivity index (χ1v) is 24.2. The maximum atomic E-state index is 14.4. The van der Waals surface area contributed by atoms with E-state index in [1.165, 1.54) is 19.2 Å². The Labute approximate surface area is 393 Å². The molecule has 0 bridgehead atoms. The lowest BCUT2D eigenvalue weighted by molar-refractivity contribution is -0.305. The predicted octanol–water partition coefficient (Wildman–Crippen LogP) is 6.93. The van der Waals surface area contributed by atoms with Crippen LogP contribution in [0.2, 0.25) is 5.04 Å². The number of amides is 3. The number of hydrogen-bond acceptors (Lipinski definition) is 11. The average molecular weight is 960 g/mol. The van der Waals surface area contributed by atoms with Crippen molar-refractivity contribution in [2.24, 2.45) is 17.0 Å². The van der Waals surface area contributed by atoms with Crippen LogP contribution in [0.4, 0.5) is 13.2 Å². The molecule has 3 aliphatic rings. The molecule has 4 aromatic carbocycles. The van der Waals surface area contributed by atoms with Gasteiger partial charge in [0.15, 0.2) is 12.6 Å². The fourth-order valence-corrected chi connectivity index (χ4v) is 14.1. The first-order valence-electron chi connectivity index (χ1n) is 22.3. The van der Waals surface area contributed by atoms with Gasteiger partial charge in [-0.15, -0.1) is 0 Å². The molecule has 0 aliphatic carbocycles. The van der Waals surface area contributed by atoms with Crippen molar-refractivity contribution in [3.05, 3.63) is 136 Å². The SMILES string of the molecule is COc1ccc(COCC2O[C@@H](O[C@@H]3C(N4C(=O)c5ccccc5C4=O)[C@H](OC)OC(CO[Si](c4ccccc4)(c4ccccc4)C(C)(C)C)[C@@H]3N=[N+]=[N-])C(NC(=O)C(F)(F)F)[C@@H](C)[C@H]2C)cc1. The monoisotopic (exact) mass is 959 g/mol. The number of methoxy groups -OCH3 is 2. The Morgan fingerprint density at radius 1 is 0.794 bits per heavy atom. The Morgan fingerprint density at radius 3 is 1.87 bits per heavy atom. The normalized spacial score (nSPS) is 26.5. The van der Waals surface area contributed by atoms with Gasteiger partial charge in [0.2, 0.25) is 0 Å². The molecule has 2 saturated heterocycles. The highest BCUT2D eigenvalue weighted by molar-refractivity contribution is 6.99. The van der Waals surface area contributed by atoms with Crippen molar-refractivity contribution in [2.45, 2.75) is 101 Å². The number of imide groups is 1. The minimum absolute atomic E-state index is 0.0532. The molecule has 68 heavy (non-hydrogen) atoms. The second-order valence-corrected chi connectivity index (χ2v) is 22.5. The number of halogens is 3. The molecule has 19 heteroatoms. The molecule has 0 spiro atoms. The van der Waals surface area contributed by atoms with Crippen LogP contribution in [0.3, 0.4) is 0 Å². The highest BCUT2D eigenvalue weighted by Crippen LogP contribution is 2.41. The maximum absolute atomic E-state index is 14.4. The summed E-state index contributed by atoms with van der Waals surface area (Å²) in [6, 6.07) is 28.3. The second kappa shape index (κ2) is 20.9. The van der Waals surface area contributed by atoms with E-state index in [0.29, 0.717) is 5.75 Å². The van der Waals surface area contributed by atoms with E-state index in [-0.39, 0.29) is 30.9 Å². The van der Waals surface area contributed by atoms with Gasteiger partial charge >= 0.3 is 12.1 Å². The minimum atomic E-state index is -5.29. The molecule has 0 radical (unpaired) electrons. The molecule has 3 aliphatic heterocycles. The quantitative estimate of drug-likeness (QED) is 0.0407. The van der Waals surface area contributed by atoms with E-state index in [9.17, 15) is 33.1 Å². The van der Waals surface area contributed by atoms with Gasteiger partial charge in [-0.3, -0.25) is 19.3 Å². The summed E-state index contributed by atoms with van der Waals surface area (Å²) in [5, 5.41) is 7.62. The number of hydrogen-bond donors (Lipinski definition) is 1. The number of ether oxygens (including phenoxy) is 6. The van der Waals surface area contributed by atoms with Crippen LogP contribution in [-0.2, 0) is 39.5 Å². The standard InChI is InChI=1S/C49H56F3N5O10Si/c1-29-30(2)39(54-47(60)49(50,51)52)45(65-37(29)27-63-26-31-22-24-32(61-6)25-23-31)67-42-40(55-56-53)38(66-46(62-7)41(42)57-43(58)35-20-14-15-21-36(35)44(57)59)28-64-68(48(3,4)5,33-16-10-8-11-17-33)34-18-12-9-13-19-34/h8-25,29-30,37-42,45-46H,26-28H2,1-7H3,(H,54,60)/t29-,30+,37?,38?,39?,40+,41?,42+,45+,46-/m1/s1. The third kappa shape index (κ3) is 10.1. The Balaban J connectivity index is 1.31. The number of benzene rings is 4. The van der Waals surface area contributed by atoms with Crippen LogP contribution in [0, 0.1) is 11.8 Å². The van der Waals surface area contributed by atoms with E-state index in [0.717, 1.165) is 20.8 Å². The van der Waals surface area contributed by atoms with E-state index < -0.39 is 98.1 Å². The maximum Gasteiger partial charge on any atom is 0.471 e. The summed E-state index contributed by atoms with van der Waals surface area (Å²) >= 11 is 0. The number of fused-ring (bicyclic) bond motifs is 1. The van der Waals surface area contributed by atoms with Crippen molar-refractivity contribution >= 4 is 36.4 Å². The molecule has 362 valence electrons. The first-order chi connectivity index (χ1) is 32.4. The van der Waals surface area contributed by atoms with Crippen molar-refractivity contribution in [3.8, 4) is 5.75 Å². The van der Waals surface area contributed by atoms with E-state index >= 15 is 0 Å². The topological polar surface area (TPSA) is 180 Å². The lowest BCUT2D eigenvalue weighted by atomic mass is 9.82. The van der Waals surface area contributed by atoms with Gasteiger partial charge in [0.25, 0.3) is 20.1 Å². The predicted molar refractivity (Wildman–Crippen MR) is 245 cm³/mol. The Bertz CT molecular complexity index is 2370. The summed E-state index contributed by atoms with van der Waals surface area (Å²) in [5.41, 5.74) is 11.3. The lowest BCUT2D eigenvalue weighted by Crippen LogP contribution is -2.70. The van der Waals surface area contributed by atoms with Crippen LogP contribution in [-0.4, -0.2) is 114 Å². The highest BCUT2D eigenvalue weighted by Gasteiger charge is 2.58. The van der Waals surface area contributed by atoms with Crippen LogP contribution >= 0.6 is 0 Å². The van der Waals surface area contributed by atoms with Gasteiger partial charge < -0.3 is 38.2 Å². The summed E-state index contributed by atoms with van der Waals surface area (Å²) in [7, 11) is -0.473. The minimum Gasteiger partial charge on any atom is -0.497 e. The fraction of sp³-hybridized carbons (Fsp3) is 0.449. The van der Waals surface area contributed by atoms with Gasteiger partial charge in [-0.05, 0) is 62.6 Å². The summed E-state index contributed by atoms with van der Waals surface area (Å²) in [4.78, 5) is 45.6. The molecule has 15 nitrogen and oxygen atoms in total. The van der Waals surface area contributed by atoms with Crippen molar-refractivity contribution in [2.75, 3.05) is 27.4 Å². The molecule has 2 fully saturated rings. The van der Waals surface area contributed by atoms with E-state index in [1.807, 2.05) is 72.8 Å². The van der Waals surface area contributed by atoms with Gasteiger partial charge in [0.1, 0.15) is 11.8 Å². The van der Waals surface area contributed by atoms with Gasteiger partial charge in [-0.25, -0.2) is 0 Å². The summed E-state index contributed by atoms with van der Waals surface area (Å²) < 4.78 is 86.7. The van der Waals surface area contributed by atoms with Gasteiger partial charge in [-0.2, -0.15) is 13.2 Å². The van der Waals surface area contributed by atoms with Crippen LogP contribution in [0.25, 0.3) is 10.4 Å². The van der Waals surface area contributed by atoms with Gasteiger partial charge in [-0.1, -0.05) is 125 Å². The molecule has 3 heterocycles. The number of azide groups is 1. The zero-order valence-corrected chi connectivity index (χ0v) is 39.8. The van der Waals surface area contributed by atoms with E-state index in [2.05, 4.69) is 36.1 Å². The zero-order chi connectivity index (χ0) is 49.0.